The second-order valence-electron chi connectivity index (χ2n) is 3.75. The molecule has 2 rings (SSSR count). The van der Waals surface area contributed by atoms with Crippen LogP contribution in [0.2, 0.25) is 0 Å². The minimum Gasteiger partial charge on any atom is -0.385 e. The van der Waals surface area contributed by atoms with E-state index >= 15 is 0 Å². The van der Waals surface area contributed by atoms with Crippen molar-refractivity contribution in [2.45, 2.75) is 13.3 Å². The number of hydrogen-bond donors (Lipinski definition) is 1. The van der Waals surface area contributed by atoms with Gasteiger partial charge in [-0.15, -0.1) is 11.3 Å². The van der Waals surface area contributed by atoms with Crippen molar-refractivity contribution in [2.24, 2.45) is 0 Å². The number of nitrogens with one attached hydrogen (secondary N) is 1. The lowest BCUT2D eigenvalue weighted by atomic mass is 10.2. The Labute approximate surface area is 105 Å². The maximum absolute atomic E-state index is 8.78. The van der Waals surface area contributed by atoms with E-state index in [9.17, 15) is 0 Å². The lowest BCUT2D eigenvalue weighted by molar-refractivity contribution is 0.987. The van der Waals surface area contributed by atoms with Crippen LogP contribution in [0.15, 0.2) is 29.6 Å². The monoisotopic (exact) mass is 243 g/mol. The molecule has 0 fully saturated rings. The fraction of sp³-hybridized carbons (Fsp3) is 0.231. The topological polar surface area (TPSA) is 48.7 Å². The number of aromatic nitrogens is 1. The molecule has 0 saturated carbocycles. The molecule has 1 aromatic heterocycles. The summed E-state index contributed by atoms with van der Waals surface area (Å²) in [6.07, 6.45) is 0.912. The average Bonchev–Trinajstić information content (AvgIpc) is 2.75. The quantitative estimate of drug-likeness (QED) is 0.898. The largest absolute Gasteiger partial charge is 0.385 e. The number of thiazole rings is 1. The molecule has 1 heterocycles. The Bertz CT molecular complexity index is 540. The number of nitrogens with zero attached hydrogens (tertiary/aromatic N) is 2. The second kappa shape index (κ2) is 5.46. The standard InChI is InChI=1S/C13H13N3S/c1-10-9-17-13(16-10)5-6-15-12-4-2-3-11(7-12)8-14/h2-4,7,9,15H,5-6H2,1H3. The highest BCUT2D eigenvalue weighted by Gasteiger charge is 1.99. The van der Waals surface area contributed by atoms with Crippen LogP contribution in [0.25, 0.3) is 0 Å². The van der Waals surface area contributed by atoms with Crippen LogP contribution >= 0.6 is 11.3 Å². The Balaban J connectivity index is 1.88. The molecule has 0 radical (unpaired) electrons. The maximum atomic E-state index is 8.78. The van der Waals surface area contributed by atoms with Gasteiger partial charge in [-0.25, -0.2) is 4.98 Å². The smallest absolute Gasteiger partial charge is 0.0992 e. The Morgan fingerprint density at radius 3 is 3.06 bits per heavy atom. The summed E-state index contributed by atoms with van der Waals surface area (Å²) in [4.78, 5) is 4.40. The lowest BCUT2D eigenvalue weighted by Gasteiger charge is -2.04. The van der Waals surface area contributed by atoms with Gasteiger partial charge in [-0.05, 0) is 25.1 Å². The molecule has 0 saturated heterocycles. The molecule has 0 spiro atoms. The van der Waals surface area contributed by atoms with Gasteiger partial charge in [-0.2, -0.15) is 5.26 Å². The summed E-state index contributed by atoms with van der Waals surface area (Å²) in [7, 11) is 0. The van der Waals surface area contributed by atoms with Crippen LogP contribution < -0.4 is 5.32 Å². The normalized spacial score (nSPS) is 9.88. The van der Waals surface area contributed by atoms with Gasteiger partial charge in [0.25, 0.3) is 0 Å². The maximum Gasteiger partial charge on any atom is 0.0992 e. The summed E-state index contributed by atoms with van der Waals surface area (Å²) >= 11 is 1.69. The van der Waals surface area contributed by atoms with Crippen molar-refractivity contribution in [3.8, 4) is 6.07 Å². The molecule has 86 valence electrons. The molecule has 0 aliphatic carbocycles. The Morgan fingerprint density at radius 2 is 2.35 bits per heavy atom. The lowest BCUT2D eigenvalue weighted by Crippen LogP contribution is -2.04. The Kier molecular flexibility index (Phi) is 3.73. The van der Waals surface area contributed by atoms with Gasteiger partial charge in [0.15, 0.2) is 0 Å². The van der Waals surface area contributed by atoms with Gasteiger partial charge in [0.1, 0.15) is 0 Å². The van der Waals surface area contributed by atoms with Gasteiger partial charge in [0.05, 0.1) is 16.6 Å². The number of benzene rings is 1. The molecule has 3 nitrogen and oxygen atoms in total. The van der Waals surface area contributed by atoms with E-state index in [2.05, 4.69) is 21.8 Å². The van der Waals surface area contributed by atoms with Crippen LogP contribution in [-0.4, -0.2) is 11.5 Å². The van der Waals surface area contributed by atoms with E-state index in [1.54, 1.807) is 17.4 Å². The first-order chi connectivity index (χ1) is 8.28. The van der Waals surface area contributed by atoms with Crippen molar-refractivity contribution < 1.29 is 0 Å². The summed E-state index contributed by atoms with van der Waals surface area (Å²) < 4.78 is 0. The zero-order valence-corrected chi connectivity index (χ0v) is 10.4. The van der Waals surface area contributed by atoms with Crippen molar-refractivity contribution in [3.05, 3.63) is 45.9 Å². The summed E-state index contributed by atoms with van der Waals surface area (Å²) in [5.74, 6) is 0. The number of aryl methyl sites for hydroxylation is 1. The molecular formula is C13H13N3S. The van der Waals surface area contributed by atoms with Crippen LogP contribution in [0.1, 0.15) is 16.3 Å². The van der Waals surface area contributed by atoms with Gasteiger partial charge in [0.2, 0.25) is 0 Å². The van der Waals surface area contributed by atoms with Crippen molar-refractivity contribution in [2.75, 3.05) is 11.9 Å². The molecule has 0 atom stereocenters. The fourth-order valence-corrected chi connectivity index (χ4v) is 2.31. The van der Waals surface area contributed by atoms with E-state index in [0.717, 1.165) is 29.4 Å². The molecule has 0 aliphatic rings. The fourth-order valence-electron chi connectivity index (χ4n) is 1.53. The van der Waals surface area contributed by atoms with E-state index < -0.39 is 0 Å². The highest BCUT2D eigenvalue weighted by atomic mass is 32.1. The predicted molar refractivity (Wildman–Crippen MR) is 70.2 cm³/mol. The summed E-state index contributed by atoms with van der Waals surface area (Å²) in [6, 6.07) is 9.63. The first-order valence-corrected chi connectivity index (χ1v) is 6.31. The molecule has 2 aromatic rings. The van der Waals surface area contributed by atoms with Gasteiger partial charge in [-0.3, -0.25) is 0 Å². The van der Waals surface area contributed by atoms with Crippen LogP contribution in [0.3, 0.4) is 0 Å². The van der Waals surface area contributed by atoms with E-state index in [0.29, 0.717) is 5.56 Å². The van der Waals surface area contributed by atoms with Gasteiger partial charge < -0.3 is 5.32 Å². The SMILES string of the molecule is Cc1csc(CCNc2cccc(C#N)c2)n1. The number of anilines is 1. The Hall–Kier alpha value is -1.86. The minimum atomic E-state index is 0.681. The second-order valence-corrected chi connectivity index (χ2v) is 4.69. The summed E-state index contributed by atoms with van der Waals surface area (Å²) in [5.41, 5.74) is 2.74. The zero-order valence-electron chi connectivity index (χ0n) is 9.60. The average molecular weight is 243 g/mol. The van der Waals surface area contributed by atoms with Crippen molar-refractivity contribution in [3.63, 3.8) is 0 Å². The van der Waals surface area contributed by atoms with Gasteiger partial charge in [-0.1, -0.05) is 6.07 Å². The van der Waals surface area contributed by atoms with Crippen LogP contribution in [-0.2, 0) is 6.42 Å². The van der Waals surface area contributed by atoms with Crippen LogP contribution in [0, 0.1) is 18.3 Å². The minimum absolute atomic E-state index is 0.681. The summed E-state index contributed by atoms with van der Waals surface area (Å²) in [5, 5.41) is 15.3. The zero-order chi connectivity index (χ0) is 12.1. The van der Waals surface area contributed by atoms with Crippen molar-refractivity contribution in [1.82, 2.24) is 4.98 Å². The predicted octanol–water partition coefficient (Wildman–Crippen LogP) is 2.98. The first kappa shape index (κ1) is 11.6. The van der Waals surface area contributed by atoms with Crippen LogP contribution in [0.5, 0.6) is 0 Å². The van der Waals surface area contributed by atoms with E-state index in [1.165, 1.54) is 0 Å². The highest BCUT2D eigenvalue weighted by molar-refractivity contribution is 7.09. The molecule has 0 amide bonds. The third-order valence-corrected chi connectivity index (χ3v) is 3.35. The third kappa shape index (κ3) is 3.30. The molecule has 0 bridgehead atoms. The van der Waals surface area contributed by atoms with Gasteiger partial charge >= 0.3 is 0 Å². The molecule has 17 heavy (non-hydrogen) atoms. The molecule has 4 heteroatoms. The Morgan fingerprint density at radius 1 is 1.47 bits per heavy atom. The summed E-state index contributed by atoms with van der Waals surface area (Å²) in [6.45, 7) is 2.84. The molecular weight excluding hydrogens is 230 g/mol. The number of nitriles is 1. The first-order valence-electron chi connectivity index (χ1n) is 5.43. The molecule has 0 aliphatic heterocycles. The molecule has 1 N–H and O–H groups in total. The molecule has 1 aromatic carbocycles. The van der Waals surface area contributed by atoms with E-state index in [4.69, 9.17) is 5.26 Å². The van der Waals surface area contributed by atoms with E-state index in [1.807, 2.05) is 25.1 Å². The van der Waals surface area contributed by atoms with Crippen LogP contribution in [0.4, 0.5) is 5.69 Å². The highest BCUT2D eigenvalue weighted by Crippen LogP contribution is 2.12. The van der Waals surface area contributed by atoms with E-state index in [-0.39, 0.29) is 0 Å². The van der Waals surface area contributed by atoms with Crippen molar-refractivity contribution in [1.29, 1.82) is 5.26 Å². The van der Waals surface area contributed by atoms with Gasteiger partial charge in [0, 0.05) is 29.7 Å². The third-order valence-electron chi connectivity index (χ3n) is 2.33. The number of rotatable bonds is 4. The number of hydrogen-bond acceptors (Lipinski definition) is 4. The molecule has 0 unspecified atom stereocenters. The van der Waals surface area contributed by atoms with Crippen molar-refractivity contribution >= 4 is 17.0 Å².